The number of carbonyl (C=O) groups is 1. The first-order valence-corrected chi connectivity index (χ1v) is 8.50. The van der Waals surface area contributed by atoms with E-state index in [0.717, 1.165) is 37.9 Å². The minimum atomic E-state index is -0.236. The van der Waals surface area contributed by atoms with E-state index < -0.39 is 0 Å². The predicted molar refractivity (Wildman–Crippen MR) is 85.7 cm³/mol. The molecule has 2 N–H and O–H groups in total. The summed E-state index contributed by atoms with van der Waals surface area (Å²) in [6.45, 7) is 5.19. The summed E-state index contributed by atoms with van der Waals surface area (Å²) in [7, 11) is 1.69. The number of nitrogens with zero attached hydrogens (tertiary/aromatic N) is 1. The van der Waals surface area contributed by atoms with Gasteiger partial charge in [0.15, 0.2) is 5.13 Å². The van der Waals surface area contributed by atoms with Crippen molar-refractivity contribution in [2.24, 2.45) is 0 Å². The van der Waals surface area contributed by atoms with Gasteiger partial charge in [-0.15, -0.1) is 11.3 Å². The van der Waals surface area contributed by atoms with Crippen LogP contribution in [0.3, 0.4) is 0 Å². The van der Waals surface area contributed by atoms with Crippen LogP contribution in [0.5, 0.6) is 0 Å². The van der Waals surface area contributed by atoms with Crippen LogP contribution >= 0.6 is 11.3 Å². The molecule has 21 heavy (non-hydrogen) atoms. The quantitative estimate of drug-likeness (QED) is 0.774. The lowest BCUT2D eigenvalue weighted by atomic mass is 9.77. The second kappa shape index (κ2) is 7.33. The van der Waals surface area contributed by atoms with E-state index in [4.69, 9.17) is 4.74 Å². The summed E-state index contributed by atoms with van der Waals surface area (Å²) in [5, 5.41) is 8.95. The van der Waals surface area contributed by atoms with Crippen molar-refractivity contribution in [1.29, 1.82) is 0 Å². The number of ether oxygens (including phenoxy) is 1. The zero-order valence-electron chi connectivity index (χ0n) is 13.1. The third-order valence-electron chi connectivity index (χ3n) is 4.09. The van der Waals surface area contributed by atoms with Gasteiger partial charge >= 0.3 is 0 Å². The number of carbonyl (C=O) groups excluding carboxylic acids is 1. The number of methoxy groups -OCH3 is 1. The van der Waals surface area contributed by atoms with Gasteiger partial charge in [0.05, 0.1) is 17.7 Å². The van der Waals surface area contributed by atoms with Gasteiger partial charge in [-0.05, 0) is 39.2 Å². The Morgan fingerprint density at radius 2 is 2.33 bits per heavy atom. The highest BCUT2D eigenvalue weighted by molar-refractivity contribution is 7.13. The monoisotopic (exact) mass is 311 g/mol. The molecule has 1 saturated carbocycles. The molecule has 2 rings (SSSR count). The highest BCUT2D eigenvalue weighted by Crippen LogP contribution is 2.38. The molecule has 1 fully saturated rings. The molecule has 1 aliphatic carbocycles. The topological polar surface area (TPSA) is 63.2 Å². The molecule has 1 aromatic rings. The number of aromatic nitrogens is 1. The Morgan fingerprint density at radius 3 is 2.90 bits per heavy atom. The fraction of sp³-hybridized carbons (Fsp3) is 0.733. The fourth-order valence-corrected chi connectivity index (χ4v) is 3.31. The summed E-state index contributed by atoms with van der Waals surface area (Å²) in [5.74, 6) is -0.00776. The van der Waals surface area contributed by atoms with E-state index in [1.165, 1.54) is 11.3 Å². The van der Waals surface area contributed by atoms with Crippen LogP contribution in [0.4, 0.5) is 5.13 Å². The Labute approximate surface area is 130 Å². The Bertz CT molecular complexity index is 466. The van der Waals surface area contributed by atoms with Crippen LogP contribution in [0.1, 0.15) is 57.7 Å². The van der Waals surface area contributed by atoms with Gasteiger partial charge < -0.3 is 15.4 Å². The van der Waals surface area contributed by atoms with Gasteiger partial charge in [-0.1, -0.05) is 6.92 Å². The van der Waals surface area contributed by atoms with E-state index in [0.29, 0.717) is 11.6 Å². The average Bonchev–Trinajstić information content (AvgIpc) is 2.88. The highest BCUT2D eigenvalue weighted by atomic mass is 32.1. The molecule has 1 aliphatic rings. The third-order valence-corrected chi connectivity index (χ3v) is 4.87. The van der Waals surface area contributed by atoms with Crippen molar-refractivity contribution in [3.8, 4) is 0 Å². The van der Waals surface area contributed by atoms with Crippen molar-refractivity contribution in [2.75, 3.05) is 19.0 Å². The van der Waals surface area contributed by atoms with Gasteiger partial charge in [0.1, 0.15) is 0 Å². The van der Waals surface area contributed by atoms with Crippen LogP contribution < -0.4 is 10.6 Å². The molecule has 1 atom stereocenters. The minimum absolute atomic E-state index is 0.00776. The molecular weight excluding hydrogens is 286 g/mol. The van der Waals surface area contributed by atoms with Gasteiger partial charge in [0, 0.05) is 18.5 Å². The van der Waals surface area contributed by atoms with Crippen LogP contribution in [0.25, 0.3) is 0 Å². The van der Waals surface area contributed by atoms with Crippen LogP contribution in [0.15, 0.2) is 5.38 Å². The van der Waals surface area contributed by atoms with Crippen LogP contribution in [-0.2, 0) is 9.53 Å². The molecule has 0 bridgehead atoms. The van der Waals surface area contributed by atoms with E-state index in [1.54, 1.807) is 7.11 Å². The Hall–Kier alpha value is -0.980. The van der Waals surface area contributed by atoms with E-state index in [1.807, 2.05) is 5.38 Å². The Balaban J connectivity index is 1.85. The molecule has 0 aliphatic heterocycles. The van der Waals surface area contributed by atoms with Crippen LogP contribution in [0.2, 0.25) is 0 Å². The minimum Gasteiger partial charge on any atom is -0.378 e. The predicted octanol–water partition coefficient (Wildman–Crippen LogP) is 3.10. The second-order valence-corrected chi connectivity index (χ2v) is 6.58. The van der Waals surface area contributed by atoms with E-state index in [9.17, 15) is 4.79 Å². The van der Waals surface area contributed by atoms with Crippen LogP contribution in [-0.4, -0.2) is 30.1 Å². The molecule has 6 heteroatoms. The van der Waals surface area contributed by atoms with Gasteiger partial charge in [-0.25, -0.2) is 4.98 Å². The van der Waals surface area contributed by atoms with Gasteiger partial charge in [-0.2, -0.15) is 0 Å². The molecule has 0 spiro atoms. The smallest absolute Gasteiger partial charge is 0.229 e. The number of hydrogen-bond donors (Lipinski definition) is 2. The van der Waals surface area contributed by atoms with Gasteiger partial charge in [-0.3, -0.25) is 4.79 Å². The molecule has 118 valence electrons. The summed E-state index contributed by atoms with van der Waals surface area (Å²) in [6.07, 6.45) is 4.60. The maximum atomic E-state index is 12.1. The average molecular weight is 311 g/mol. The zero-order chi connectivity index (χ0) is 15.3. The molecule has 1 heterocycles. The molecule has 1 unspecified atom stereocenters. The SMILES string of the molecule is CCCNC(C)c1csc(NC(=O)CC2(OC)CCC2)n1. The molecular formula is C15H25N3O2S. The molecule has 0 aromatic carbocycles. The third kappa shape index (κ3) is 4.25. The van der Waals surface area contributed by atoms with Gasteiger partial charge in [0.2, 0.25) is 5.91 Å². The van der Waals surface area contributed by atoms with Crippen molar-refractivity contribution < 1.29 is 9.53 Å². The molecule has 0 saturated heterocycles. The number of amides is 1. The number of rotatable bonds is 8. The summed E-state index contributed by atoms with van der Waals surface area (Å²) in [4.78, 5) is 16.6. The van der Waals surface area contributed by atoms with Crippen molar-refractivity contribution in [2.45, 2.75) is 57.6 Å². The first-order valence-electron chi connectivity index (χ1n) is 7.62. The number of hydrogen-bond acceptors (Lipinski definition) is 5. The summed E-state index contributed by atoms with van der Waals surface area (Å²) < 4.78 is 5.48. The summed E-state index contributed by atoms with van der Waals surface area (Å²) in [6, 6.07) is 0.212. The Kier molecular flexibility index (Phi) is 5.72. The lowest BCUT2D eigenvalue weighted by Crippen LogP contribution is -2.42. The largest absolute Gasteiger partial charge is 0.378 e. The number of nitrogens with one attached hydrogen (secondary N) is 2. The summed E-state index contributed by atoms with van der Waals surface area (Å²) >= 11 is 1.48. The lowest BCUT2D eigenvalue weighted by molar-refractivity contribution is -0.129. The number of thiazole rings is 1. The molecule has 0 radical (unpaired) electrons. The van der Waals surface area contributed by atoms with Crippen molar-refractivity contribution >= 4 is 22.4 Å². The van der Waals surface area contributed by atoms with Crippen LogP contribution in [0, 0.1) is 0 Å². The van der Waals surface area contributed by atoms with E-state index in [-0.39, 0.29) is 17.6 Å². The van der Waals surface area contributed by atoms with Gasteiger partial charge in [0.25, 0.3) is 0 Å². The van der Waals surface area contributed by atoms with E-state index in [2.05, 4.69) is 29.5 Å². The number of anilines is 1. The highest BCUT2D eigenvalue weighted by Gasteiger charge is 2.39. The second-order valence-electron chi connectivity index (χ2n) is 5.72. The fourth-order valence-electron chi connectivity index (χ4n) is 2.49. The first-order chi connectivity index (χ1) is 10.1. The maximum absolute atomic E-state index is 12.1. The first kappa shape index (κ1) is 16.4. The Morgan fingerprint density at radius 1 is 1.57 bits per heavy atom. The maximum Gasteiger partial charge on any atom is 0.229 e. The van der Waals surface area contributed by atoms with E-state index >= 15 is 0 Å². The van der Waals surface area contributed by atoms with Crippen molar-refractivity contribution in [1.82, 2.24) is 10.3 Å². The standard InChI is InChI=1S/C15H25N3O2S/c1-4-8-16-11(2)12-10-21-14(17-12)18-13(19)9-15(20-3)6-5-7-15/h10-11,16H,4-9H2,1-3H3,(H,17,18,19). The zero-order valence-corrected chi connectivity index (χ0v) is 13.9. The van der Waals surface area contributed by atoms with Crippen molar-refractivity contribution in [3.05, 3.63) is 11.1 Å². The lowest BCUT2D eigenvalue weighted by Gasteiger charge is -2.39. The molecule has 1 amide bonds. The van der Waals surface area contributed by atoms with Crippen molar-refractivity contribution in [3.63, 3.8) is 0 Å². The summed E-state index contributed by atoms with van der Waals surface area (Å²) in [5.41, 5.74) is 0.744. The molecule has 1 aromatic heterocycles. The molecule has 5 nitrogen and oxygen atoms in total. The normalized spacial score (nSPS) is 18.0.